The fourth-order valence-electron chi connectivity index (χ4n) is 2.08. The van der Waals surface area contributed by atoms with Gasteiger partial charge in [0, 0.05) is 18.8 Å². The predicted molar refractivity (Wildman–Crippen MR) is 85.3 cm³/mol. The van der Waals surface area contributed by atoms with Crippen LogP contribution in [-0.2, 0) is 16.3 Å². The Morgan fingerprint density at radius 1 is 1.29 bits per heavy atom. The first-order valence-corrected chi connectivity index (χ1v) is 9.01. The van der Waals surface area contributed by atoms with Crippen LogP contribution in [0.3, 0.4) is 0 Å². The summed E-state index contributed by atoms with van der Waals surface area (Å²) in [5, 5.41) is 5.36. The Morgan fingerprint density at radius 2 is 1.95 bits per heavy atom. The Hall–Kier alpha value is -1.56. The molecular formula is C15H24N2O3S. The number of carbonyl (C=O) groups is 1. The summed E-state index contributed by atoms with van der Waals surface area (Å²) >= 11 is 0. The molecule has 0 aromatic heterocycles. The summed E-state index contributed by atoms with van der Waals surface area (Å²) in [5.74, 6) is -0.0497. The summed E-state index contributed by atoms with van der Waals surface area (Å²) in [4.78, 5) is 11.7. The van der Waals surface area contributed by atoms with Gasteiger partial charge in [0.2, 0.25) is 0 Å². The van der Waals surface area contributed by atoms with Crippen molar-refractivity contribution in [1.29, 1.82) is 0 Å². The van der Waals surface area contributed by atoms with Gasteiger partial charge in [0.1, 0.15) is 9.84 Å². The highest BCUT2D eigenvalue weighted by molar-refractivity contribution is 7.90. The largest absolute Gasteiger partial charge is 0.337 e. The molecule has 0 aliphatic rings. The number of rotatable bonds is 6. The SMILES string of the molecule is Cc1ccc(C[C@H](C)NC(=O)NCCS(C)(=O)=O)c(C)c1. The van der Waals surface area contributed by atoms with Crippen LogP contribution in [-0.4, -0.2) is 39.0 Å². The Bertz CT molecular complexity index is 597. The van der Waals surface area contributed by atoms with Crippen molar-refractivity contribution in [3.05, 3.63) is 34.9 Å². The van der Waals surface area contributed by atoms with E-state index < -0.39 is 9.84 Å². The maximum absolute atomic E-state index is 11.7. The van der Waals surface area contributed by atoms with Crippen LogP contribution in [0.5, 0.6) is 0 Å². The third-order valence-electron chi connectivity index (χ3n) is 3.16. The molecule has 1 rings (SSSR count). The zero-order chi connectivity index (χ0) is 16.0. The van der Waals surface area contributed by atoms with Crippen molar-refractivity contribution in [3.63, 3.8) is 0 Å². The molecule has 118 valence electrons. The fraction of sp³-hybridized carbons (Fsp3) is 0.533. The van der Waals surface area contributed by atoms with E-state index in [1.165, 1.54) is 16.7 Å². The van der Waals surface area contributed by atoms with Gasteiger partial charge in [-0.3, -0.25) is 0 Å². The highest BCUT2D eigenvalue weighted by atomic mass is 32.2. The third kappa shape index (κ3) is 7.13. The Kier molecular flexibility index (Phi) is 6.20. The van der Waals surface area contributed by atoms with Gasteiger partial charge in [0.15, 0.2) is 0 Å². The van der Waals surface area contributed by atoms with Crippen LogP contribution in [0.1, 0.15) is 23.6 Å². The van der Waals surface area contributed by atoms with Crippen molar-refractivity contribution in [3.8, 4) is 0 Å². The Labute approximate surface area is 127 Å². The molecular weight excluding hydrogens is 288 g/mol. The lowest BCUT2D eigenvalue weighted by molar-refractivity contribution is 0.238. The monoisotopic (exact) mass is 312 g/mol. The molecule has 2 N–H and O–H groups in total. The first-order chi connectivity index (χ1) is 9.67. The molecule has 21 heavy (non-hydrogen) atoms. The van der Waals surface area contributed by atoms with Crippen molar-refractivity contribution >= 4 is 15.9 Å². The second kappa shape index (κ2) is 7.45. The van der Waals surface area contributed by atoms with Crippen LogP contribution < -0.4 is 10.6 Å². The molecule has 5 nitrogen and oxygen atoms in total. The standard InChI is InChI=1S/C15H24N2O3S/c1-11-5-6-14(12(2)9-11)10-13(3)17-15(18)16-7-8-21(4,19)20/h5-6,9,13H,7-8,10H2,1-4H3,(H2,16,17,18)/t13-/m0/s1. The van der Waals surface area contributed by atoms with Crippen molar-refractivity contribution in [2.24, 2.45) is 0 Å². The number of hydrogen-bond acceptors (Lipinski definition) is 3. The van der Waals surface area contributed by atoms with E-state index >= 15 is 0 Å². The van der Waals surface area contributed by atoms with Crippen molar-refractivity contribution in [2.75, 3.05) is 18.6 Å². The molecule has 0 bridgehead atoms. The molecule has 0 aliphatic heterocycles. The number of hydrogen-bond donors (Lipinski definition) is 2. The molecule has 0 saturated carbocycles. The number of carbonyl (C=O) groups excluding carboxylic acids is 1. The van der Waals surface area contributed by atoms with Crippen LogP contribution in [0.15, 0.2) is 18.2 Å². The zero-order valence-electron chi connectivity index (χ0n) is 13.1. The lowest BCUT2D eigenvalue weighted by atomic mass is 10.00. The second-order valence-electron chi connectivity index (χ2n) is 5.57. The summed E-state index contributed by atoms with van der Waals surface area (Å²) in [7, 11) is -3.05. The normalized spacial score (nSPS) is 12.8. The number of sulfone groups is 1. The van der Waals surface area contributed by atoms with E-state index in [0.29, 0.717) is 0 Å². The molecule has 0 unspecified atom stereocenters. The maximum Gasteiger partial charge on any atom is 0.315 e. The van der Waals surface area contributed by atoms with E-state index in [1.807, 2.05) is 13.8 Å². The van der Waals surface area contributed by atoms with Crippen LogP contribution in [0.25, 0.3) is 0 Å². The molecule has 6 heteroatoms. The Balaban J connectivity index is 2.42. The summed E-state index contributed by atoms with van der Waals surface area (Å²) in [6, 6.07) is 5.89. The molecule has 2 amide bonds. The number of aryl methyl sites for hydroxylation is 2. The molecule has 0 aliphatic carbocycles. The number of urea groups is 1. The number of benzene rings is 1. The van der Waals surface area contributed by atoms with Crippen LogP contribution in [0, 0.1) is 13.8 Å². The quantitative estimate of drug-likeness (QED) is 0.837. The van der Waals surface area contributed by atoms with E-state index in [4.69, 9.17) is 0 Å². The van der Waals surface area contributed by atoms with Crippen molar-refractivity contribution < 1.29 is 13.2 Å². The summed E-state index contributed by atoms with van der Waals surface area (Å²) in [6.07, 6.45) is 1.89. The third-order valence-corrected chi connectivity index (χ3v) is 4.11. The fourth-order valence-corrected chi connectivity index (χ4v) is 2.55. The highest BCUT2D eigenvalue weighted by Crippen LogP contribution is 2.12. The average molecular weight is 312 g/mol. The molecule has 0 heterocycles. The molecule has 1 atom stereocenters. The van der Waals surface area contributed by atoms with Gasteiger partial charge in [-0.25, -0.2) is 13.2 Å². The predicted octanol–water partition coefficient (Wildman–Crippen LogP) is 1.58. The van der Waals surface area contributed by atoms with Gasteiger partial charge in [-0.1, -0.05) is 23.8 Å². The number of nitrogens with one attached hydrogen (secondary N) is 2. The van der Waals surface area contributed by atoms with Gasteiger partial charge in [-0.2, -0.15) is 0 Å². The van der Waals surface area contributed by atoms with Crippen LogP contribution in [0.2, 0.25) is 0 Å². The smallest absolute Gasteiger partial charge is 0.315 e. The maximum atomic E-state index is 11.7. The van der Waals surface area contributed by atoms with E-state index in [9.17, 15) is 13.2 Å². The van der Waals surface area contributed by atoms with Gasteiger partial charge in [0.05, 0.1) is 5.75 Å². The minimum atomic E-state index is -3.05. The summed E-state index contributed by atoms with van der Waals surface area (Å²) in [6.45, 7) is 6.16. The van der Waals surface area contributed by atoms with E-state index in [0.717, 1.165) is 12.7 Å². The minimum absolute atomic E-state index is 0.0235. The average Bonchev–Trinajstić information content (AvgIpc) is 2.31. The Morgan fingerprint density at radius 3 is 2.52 bits per heavy atom. The molecule has 0 spiro atoms. The van der Waals surface area contributed by atoms with E-state index in [-0.39, 0.29) is 24.4 Å². The second-order valence-corrected chi connectivity index (χ2v) is 7.82. The molecule has 0 fully saturated rings. The minimum Gasteiger partial charge on any atom is -0.337 e. The molecule has 0 radical (unpaired) electrons. The summed E-state index contributed by atoms with van der Waals surface area (Å²) in [5.41, 5.74) is 3.63. The first-order valence-electron chi connectivity index (χ1n) is 6.95. The lowest BCUT2D eigenvalue weighted by Gasteiger charge is -2.16. The van der Waals surface area contributed by atoms with E-state index in [1.54, 1.807) is 0 Å². The zero-order valence-corrected chi connectivity index (χ0v) is 13.9. The van der Waals surface area contributed by atoms with E-state index in [2.05, 4.69) is 35.8 Å². The molecule has 1 aromatic rings. The lowest BCUT2D eigenvalue weighted by Crippen LogP contribution is -2.43. The van der Waals surface area contributed by atoms with Gasteiger partial charge < -0.3 is 10.6 Å². The van der Waals surface area contributed by atoms with Gasteiger partial charge in [-0.15, -0.1) is 0 Å². The first kappa shape index (κ1) is 17.5. The molecule has 0 saturated heterocycles. The topological polar surface area (TPSA) is 75.3 Å². The highest BCUT2D eigenvalue weighted by Gasteiger charge is 2.10. The van der Waals surface area contributed by atoms with Gasteiger partial charge in [-0.05, 0) is 38.3 Å². The van der Waals surface area contributed by atoms with Crippen molar-refractivity contribution in [1.82, 2.24) is 10.6 Å². The summed E-state index contributed by atoms with van der Waals surface area (Å²) < 4.78 is 21.9. The van der Waals surface area contributed by atoms with Crippen molar-refractivity contribution in [2.45, 2.75) is 33.2 Å². The molecule has 1 aromatic carbocycles. The number of amides is 2. The van der Waals surface area contributed by atoms with Gasteiger partial charge in [0.25, 0.3) is 0 Å². The van der Waals surface area contributed by atoms with Gasteiger partial charge >= 0.3 is 6.03 Å². The van der Waals surface area contributed by atoms with Crippen LogP contribution in [0.4, 0.5) is 4.79 Å². The van der Waals surface area contributed by atoms with Crippen LogP contribution >= 0.6 is 0 Å².